The third kappa shape index (κ3) is 2.93. The normalized spacial score (nSPS) is 16.3. The summed E-state index contributed by atoms with van der Waals surface area (Å²) in [5, 5.41) is 11.2. The molecule has 5 nitrogen and oxygen atoms in total. The molecule has 0 bridgehead atoms. The average molecular weight is 258 g/mol. The maximum Gasteiger partial charge on any atom is 0.123 e. The van der Waals surface area contributed by atoms with Crippen LogP contribution in [0.1, 0.15) is 12.8 Å². The van der Waals surface area contributed by atoms with Gasteiger partial charge in [-0.1, -0.05) is 6.07 Å². The monoisotopic (exact) mass is 258 g/mol. The molecule has 1 aliphatic rings. The molecular weight excluding hydrogens is 240 g/mol. The summed E-state index contributed by atoms with van der Waals surface area (Å²) in [6, 6.07) is 8.67. The fourth-order valence-corrected chi connectivity index (χ4v) is 2.28. The van der Waals surface area contributed by atoms with Crippen molar-refractivity contribution in [1.29, 1.82) is 0 Å². The Morgan fingerprint density at radius 2 is 2.16 bits per heavy atom. The fraction of sp³-hybridized carbons (Fsp3) is 0.429. The molecule has 1 aromatic heterocycles. The molecule has 1 saturated carbocycles. The van der Waals surface area contributed by atoms with Crippen LogP contribution < -0.4 is 5.32 Å². The van der Waals surface area contributed by atoms with Gasteiger partial charge in [0.2, 0.25) is 0 Å². The first kappa shape index (κ1) is 12.2. The molecule has 1 aliphatic carbocycles. The number of benzene rings is 1. The van der Waals surface area contributed by atoms with Crippen molar-refractivity contribution in [2.24, 2.45) is 5.92 Å². The van der Waals surface area contributed by atoms with Gasteiger partial charge in [0.05, 0.1) is 18.3 Å². The highest BCUT2D eigenvalue weighted by Crippen LogP contribution is 2.34. The molecule has 1 aromatic carbocycles. The van der Waals surface area contributed by atoms with Crippen LogP contribution in [-0.4, -0.2) is 34.5 Å². The molecular formula is C14H18N4O. The van der Waals surface area contributed by atoms with E-state index in [0.717, 1.165) is 23.9 Å². The van der Waals surface area contributed by atoms with E-state index < -0.39 is 0 Å². The van der Waals surface area contributed by atoms with Crippen LogP contribution in [0.2, 0.25) is 0 Å². The van der Waals surface area contributed by atoms with Crippen molar-refractivity contribution in [3.63, 3.8) is 0 Å². The van der Waals surface area contributed by atoms with Crippen LogP contribution in [-0.2, 0) is 4.74 Å². The molecule has 100 valence electrons. The summed E-state index contributed by atoms with van der Waals surface area (Å²) in [6.07, 6.45) is 6.00. The second-order valence-corrected chi connectivity index (χ2v) is 4.96. The van der Waals surface area contributed by atoms with E-state index in [9.17, 15) is 0 Å². The molecule has 1 N–H and O–H groups in total. The van der Waals surface area contributed by atoms with Gasteiger partial charge in [-0.05, 0) is 37.0 Å². The molecule has 3 rings (SSSR count). The fourth-order valence-electron chi connectivity index (χ4n) is 2.28. The van der Waals surface area contributed by atoms with E-state index in [1.54, 1.807) is 19.8 Å². The summed E-state index contributed by atoms with van der Waals surface area (Å²) in [5.41, 5.74) is 2.17. The van der Waals surface area contributed by atoms with E-state index in [2.05, 4.69) is 27.6 Å². The summed E-state index contributed by atoms with van der Waals surface area (Å²) in [6.45, 7) is 0.752. The van der Waals surface area contributed by atoms with Gasteiger partial charge in [0.1, 0.15) is 12.7 Å². The van der Waals surface area contributed by atoms with Gasteiger partial charge in [-0.25, -0.2) is 0 Å². The highest BCUT2D eigenvalue weighted by atomic mass is 16.5. The van der Waals surface area contributed by atoms with Gasteiger partial charge >= 0.3 is 0 Å². The summed E-state index contributed by atoms with van der Waals surface area (Å²) in [7, 11) is 1.75. The number of methoxy groups -OCH3 is 1. The van der Waals surface area contributed by atoms with Crippen LogP contribution in [0, 0.1) is 5.92 Å². The summed E-state index contributed by atoms with van der Waals surface area (Å²) >= 11 is 0. The van der Waals surface area contributed by atoms with Crippen LogP contribution in [0.15, 0.2) is 36.9 Å². The average Bonchev–Trinajstić information content (AvgIpc) is 3.13. The van der Waals surface area contributed by atoms with Crippen molar-refractivity contribution >= 4 is 5.69 Å². The van der Waals surface area contributed by atoms with Crippen LogP contribution >= 0.6 is 0 Å². The predicted octanol–water partition coefficient (Wildman–Crippen LogP) is 2.10. The molecule has 0 aliphatic heterocycles. The molecule has 5 heteroatoms. The van der Waals surface area contributed by atoms with Gasteiger partial charge in [0.25, 0.3) is 0 Å². The maximum atomic E-state index is 5.29. The van der Waals surface area contributed by atoms with E-state index in [1.807, 2.05) is 16.7 Å². The van der Waals surface area contributed by atoms with Crippen molar-refractivity contribution in [1.82, 2.24) is 14.8 Å². The van der Waals surface area contributed by atoms with Gasteiger partial charge in [0, 0.05) is 12.8 Å². The van der Waals surface area contributed by atoms with Gasteiger partial charge in [-0.3, -0.25) is 4.57 Å². The number of nitrogens with one attached hydrogen (secondary N) is 1. The minimum atomic E-state index is 0.404. The maximum absolute atomic E-state index is 5.29. The van der Waals surface area contributed by atoms with Crippen LogP contribution in [0.25, 0.3) is 5.69 Å². The second-order valence-electron chi connectivity index (χ2n) is 4.96. The van der Waals surface area contributed by atoms with Crippen LogP contribution in [0.4, 0.5) is 5.69 Å². The molecule has 0 spiro atoms. The quantitative estimate of drug-likeness (QED) is 0.862. The number of nitrogens with zero attached hydrogens (tertiary/aromatic N) is 3. The molecule has 2 aromatic rings. The molecule has 1 atom stereocenters. The Morgan fingerprint density at radius 1 is 1.37 bits per heavy atom. The van der Waals surface area contributed by atoms with E-state index in [-0.39, 0.29) is 0 Å². The lowest BCUT2D eigenvalue weighted by atomic mass is 10.2. The highest BCUT2D eigenvalue weighted by Gasteiger charge is 2.31. The molecule has 1 fully saturated rings. The first-order chi connectivity index (χ1) is 9.36. The number of rotatable bonds is 6. The molecule has 19 heavy (non-hydrogen) atoms. The first-order valence-electron chi connectivity index (χ1n) is 6.57. The number of aromatic nitrogens is 3. The van der Waals surface area contributed by atoms with Gasteiger partial charge in [-0.15, -0.1) is 10.2 Å². The lowest BCUT2D eigenvalue weighted by molar-refractivity contribution is 0.179. The summed E-state index contributed by atoms with van der Waals surface area (Å²) < 4.78 is 7.19. The third-order valence-electron chi connectivity index (χ3n) is 3.45. The van der Waals surface area contributed by atoms with E-state index in [4.69, 9.17) is 4.74 Å². The van der Waals surface area contributed by atoms with Crippen LogP contribution in [0.5, 0.6) is 0 Å². The topological polar surface area (TPSA) is 52.0 Å². The zero-order valence-electron chi connectivity index (χ0n) is 11.0. The zero-order chi connectivity index (χ0) is 13.1. The summed E-state index contributed by atoms with van der Waals surface area (Å²) in [4.78, 5) is 0. The molecule has 0 saturated heterocycles. The Kier molecular flexibility index (Phi) is 3.46. The number of ether oxygens (including phenoxy) is 1. The number of hydrogen-bond acceptors (Lipinski definition) is 4. The molecule has 1 unspecified atom stereocenters. The lowest BCUT2D eigenvalue weighted by Gasteiger charge is -2.19. The zero-order valence-corrected chi connectivity index (χ0v) is 11.0. The molecule has 0 amide bonds. The standard InChI is InChI=1S/C14H18N4O/c1-19-8-14(11-5-6-11)17-12-3-2-4-13(7-12)18-9-15-16-10-18/h2-4,7,9-11,14,17H,5-6,8H2,1H3. The smallest absolute Gasteiger partial charge is 0.123 e. The van der Waals surface area contributed by atoms with Crippen LogP contribution in [0.3, 0.4) is 0 Å². The highest BCUT2D eigenvalue weighted by molar-refractivity contribution is 5.51. The van der Waals surface area contributed by atoms with Gasteiger partial charge < -0.3 is 10.1 Å². The van der Waals surface area contributed by atoms with Crippen molar-refractivity contribution in [3.8, 4) is 5.69 Å². The van der Waals surface area contributed by atoms with Crippen molar-refractivity contribution in [3.05, 3.63) is 36.9 Å². The van der Waals surface area contributed by atoms with E-state index in [0.29, 0.717) is 6.04 Å². The summed E-state index contributed by atoms with van der Waals surface area (Å²) in [5.74, 6) is 0.749. The molecule has 1 heterocycles. The van der Waals surface area contributed by atoms with Crippen molar-refractivity contribution in [2.45, 2.75) is 18.9 Å². The van der Waals surface area contributed by atoms with Gasteiger partial charge in [-0.2, -0.15) is 0 Å². The Balaban J connectivity index is 1.75. The second kappa shape index (κ2) is 5.40. The first-order valence-corrected chi connectivity index (χ1v) is 6.57. The lowest BCUT2D eigenvalue weighted by Crippen LogP contribution is -2.27. The van der Waals surface area contributed by atoms with E-state index in [1.165, 1.54) is 12.8 Å². The number of hydrogen-bond donors (Lipinski definition) is 1. The largest absolute Gasteiger partial charge is 0.383 e. The number of anilines is 1. The molecule has 0 radical (unpaired) electrons. The minimum absolute atomic E-state index is 0.404. The van der Waals surface area contributed by atoms with E-state index >= 15 is 0 Å². The Bertz CT molecular complexity index is 522. The van der Waals surface area contributed by atoms with Crippen molar-refractivity contribution < 1.29 is 4.74 Å². The Hall–Kier alpha value is -1.88. The van der Waals surface area contributed by atoms with Crippen molar-refractivity contribution in [2.75, 3.05) is 19.0 Å². The van der Waals surface area contributed by atoms with Gasteiger partial charge in [0.15, 0.2) is 0 Å². The third-order valence-corrected chi connectivity index (χ3v) is 3.45. The Morgan fingerprint density at radius 3 is 2.84 bits per heavy atom. The minimum Gasteiger partial charge on any atom is -0.383 e. The SMILES string of the molecule is COCC(Nc1cccc(-n2cnnc2)c1)C1CC1. The predicted molar refractivity (Wildman–Crippen MR) is 73.4 cm³/mol. The Labute approximate surface area is 112 Å².